The van der Waals surface area contributed by atoms with Crippen LogP contribution in [0.25, 0.3) is 6.08 Å². The third kappa shape index (κ3) is 10.2. The van der Waals surface area contributed by atoms with E-state index in [9.17, 15) is 14.4 Å². The Hall–Kier alpha value is -4.87. The van der Waals surface area contributed by atoms with E-state index in [1.54, 1.807) is 61.6 Å². The van der Waals surface area contributed by atoms with Crippen molar-refractivity contribution >= 4 is 79.9 Å². The summed E-state index contributed by atoms with van der Waals surface area (Å²) in [6, 6.07) is 27.4. The molecule has 0 fully saturated rings. The molecule has 4 aromatic rings. The summed E-state index contributed by atoms with van der Waals surface area (Å²) in [6.07, 6.45) is 8.09. The molecule has 1 heterocycles. The lowest BCUT2D eigenvalue weighted by Crippen LogP contribution is -2.42. The Labute approximate surface area is 337 Å². The van der Waals surface area contributed by atoms with Gasteiger partial charge in [-0.15, -0.1) is 0 Å². The molecule has 5 rings (SSSR count). The number of aliphatic imine (C=N–C) groups is 1. The predicted molar refractivity (Wildman–Crippen MR) is 222 cm³/mol. The van der Waals surface area contributed by atoms with Crippen LogP contribution in [0.5, 0.6) is 11.5 Å². The van der Waals surface area contributed by atoms with E-state index in [0.717, 1.165) is 28.5 Å². The lowest BCUT2D eigenvalue weighted by molar-refractivity contribution is -0.126. The van der Waals surface area contributed by atoms with Gasteiger partial charge in [0.05, 0.1) is 22.9 Å². The van der Waals surface area contributed by atoms with Gasteiger partial charge >= 0.3 is 0 Å². The van der Waals surface area contributed by atoms with E-state index in [2.05, 4.69) is 32.8 Å². The maximum absolute atomic E-state index is 14.2. The topological polar surface area (TPSA) is 97.3 Å². The molecule has 3 amide bonds. The van der Waals surface area contributed by atoms with E-state index < -0.39 is 17.9 Å². The molecule has 0 saturated carbocycles. The van der Waals surface area contributed by atoms with Gasteiger partial charge in [0.2, 0.25) is 5.91 Å². The molecule has 0 saturated heterocycles. The third-order valence-electron chi connectivity index (χ3n) is 7.94. The molecule has 0 atom stereocenters. The number of carbonyl (C=O) groups is 3. The van der Waals surface area contributed by atoms with Gasteiger partial charge in [-0.1, -0.05) is 127 Å². The van der Waals surface area contributed by atoms with Gasteiger partial charge in [0.15, 0.2) is 16.7 Å². The number of benzene rings is 4. The number of rotatable bonds is 14. The lowest BCUT2D eigenvalue weighted by Gasteiger charge is -2.28. The molecule has 1 aliphatic rings. The highest BCUT2D eigenvalue weighted by Gasteiger charge is 2.35. The van der Waals surface area contributed by atoms with Gasteiger partial charge in [-0.2, -0.15) is 4.99 Å². The first-order chi connectivity index (χ1) is 26.1. The molecule has 54 heavy (non-hydrogen) atoms. The number of amidine groups is 1. The van der Waals surface area contributed by atoms with Crippen molar-refractivity contribution in [3.63, 3.8) is 0 Å². The van der Waals surface area contributed by atoms with Crippen LogP contribution in [0.2, 0.25) is 10.0 Å². The summed E-state index contributed by atoms with van der Waals surface area (Å²) in [5.74, 6) is -0.983. The molecule has 1 aliphatic heterocycles. The molecule has 8 nitrogen and oxygen atoms in total. The molecule has 12 heteroatoms. The maximum Gasteiger partial charge on any atom is 0.285 e. The average Bonchev–Trinajstić information content (AvgIpc) is 3.16. The summed E-state index contributed by atoms with van der Waals surface area (Å²) in [5.41, 5.74) is 3.29. The van der Waals surface area contributed by atoms with Crippen molar-refractivity contribution in [3.05, 3.63) is 170 Å². The maximum atomic E-state index is 14.2. The van der Waals surface area contributed by atoms with Crippen LogP contribution in [0, 0.1) is 0 Å². The van der Waals surface area contributed by atoms with Crippen LogP contribution in [-0.4, -0.2) is 40.1 Å². The summed E-state index contributed by atoms with van der Waals surface area (Å²) < 4.78 is 12.5. The van der Waals surface area contributed by atoms with Gasteiger partial charge in [0.1, 0.15) is 12.2 Å². The summed E-state index contributed by atoms with van der Waals surface area (Å²) >= 11 is 17.0. The average molecular weight is 846 g/mol. The molecule has 0 unspecified atom stereocenters. The van der Waals surface area contributed by atoms with Gasteiger partial charge in [-0.25, -0.2) is 0 Å². The van der Waals surface area contributed by atoms with Gasteiger partial charge in [-0.3, -0.25) is 19.3 Å². The van der Waals surface area contributed by atoms with E-state index in [1.807, 2.05) is 67.6 Å². The fourth-order valence-electron chi connectivity index (χ4n) is 5.42. The van der Waals surface area contributed by atoms with Gasteiger partial charge in [-0.05, 0) is 82.9 Å². The molecular weight excluding hydrogens is 809 g/mol. The number of halogens is 3. The van der Waals surface area contributed by atoms with Crippen molar-refractivity contribution in [2.24, 2.45) is 4.99 Å². The summed E-state index contributed by atoms with van der Waals surface area (Å²) in [5, 5.41) is 4.14. The molecule has 0 aromatic heterocycles. The van der Waals surface area contributed by atoms with Crippen LogP contribution < -0.4 is 14.8 Å². The standard InChI is InChI=1S/C42H36BrCl2N3O5S/c1-4-7-18-32(5-2)48-41(51)33(21-27-22-34(43)39(36(23-27)52-6-3)53-25-30-19-20-31(44)24-35(30)45)40(50)47-42(48)54-26-37(49)46-38(28-14-10-8-11-15-28)29-16-12-9-13-17-29/h4-5,7-24,38H,1,6,25-26H2,2-3H3,(H,46,49)/b18-7-,32-5+,33-21+. The van der Waals surface area contributed by atoms with Crippen molar-refractivity contribution in [1.29, 1.82) is 0 Å². The Balaban J connectivity index is 1.42. The molecule has 1 N–H and O–H groups in total. The Morgan fingerprint density at radius 2 is 1.69 bits per heavy atom. The molecule has 276 valence electrons. The summed E-state index contributed by atoms with van der Waals surface area (Å²) in [7, 11) is 0. The molecule has 0 bridgehead atoms. The molecule has 0 aliphatic carbocycles. The number of allylic oxidation sites excluding steroid dienone is 4. The highest BCUT2D eigenvalue weighted by Crippen LogP contribution is 2.39. The van der Waals surface area contributed by atoms with E-state index in [0.29, 0.717) is 43.9 Å². The number of hydrogen-bond donors (Lipinski definition) is 1. The molecular formula is C42H36BrCl2N3O5S. The van der Waals surface area contributed by atoms with Gasteiger partial charge in [0.25, 0.3) is 11.8 Å². The largest absolute Gasteiger partial charge is 0.490 e. The Bertz CT molecular complexity index is 2120. The number of nitrogens with one attached hydrogen (secondary N) is 1. The number of nitrogens with zero attached hydrogens (tertiary/aromatic N) is 2. The second-order valence-electron chi connectivity index (χ2n) is 11.6. The van der Waals surface area contributed by atoms with Crippen LogP contribution in [0.3, 0.4) is 0 Å². The highest BCUT2D eigenvalue weighted by atomic mass is 79.9. The van der Waals surface area contributed by atoms with Crippen LogP contribution in [0.15, 0.2) is 143 Å². The minimum absolute atomic E-state index is 0.0656. The second-order valence-corrected chi connectivity index (χ2v) is 14.2. The molecule has 4 aromatic carbocycles. The monoisotopic (exact) mass is 843 g/mol. The first-order valence-corrected chi connectivity index (χ1v) is 19.4. The third-order valence-corrected chi connectivity index (χ3v) is 10.1. The van der Waals surface area contributed by atoms with Gasteiger partial charge in [0, 0.05) is 21.3 Å². The van der Waals surface area contributed by atoms with Gasteiger partial charge < -0.3 is 14.8 Å². The van der Waals surface area contributed by atoms with Crippen LogP contribution in [0.1, 0.15) is 42.1 Å². The quantitative estimate of drug-likeness (QED) is 0.0772. The minimum Gasteiger partial charge on any atom is -0.490 e. The normalized spacial score (nSPS) is 14.1. The zero-order chi connectivity index (χ0) is 38.6. The lowest BCUT2D eigenvalue weighted by atomic mass is 9.99. The van der Waals surface area contributed by atoms with E-state index in [-0.39, 0.29) is 29.0 Å². The van der Waals surface area contributed by atoms with Crippen molar-refractivity contribution in [3.8, 4) is 11.5 Å². The molecule has 0 radical (unpaired) electrons. The second kappa shape index (κ2) is 19.5. The SMILES string of the molecule is C=C/C=C\C(=C/C)N1C(=O)/C(=C/c2cc(Br)c(OCc3ccc(Cl)cc3Cl)c(OCC)c2)C(=O)N=C1SCC(=O)NC(c1ccccc1)c1ccccc1. The molecule has 0 spiro atoms. The number of hydrogen-bond acceptors (Lipinski definition) is 6. The number of amides is 3. The van der Waals surface area contributed by atoms with Crippen molar-refractivity contribution in [2.75, 3.05) is 12.4 Å². The summed E-state index contributed by atoms with van der Waals surface area (Å²) in [6.45, 7) is 7.79. The highest BCUT2D eigenvalue weighted by molar-refractivity contribution is 9.10. The van der Waals surface area contributed by atoms with Crippen LogP contribution in [-0.2, 0) is 21.0 Å². The van der Waals surface area contributed by atoms with Crippen molar-refractivity contribution in [1.82, 2.24) is 10.2 Å². The number of thioether (sulfide) groups is 1. The minimum atomic E-state index is -0.749. The first-order valence-electron chi connectivity index (χ1n) is 16.8. The Morgan fingerprint density at radius 1 is 1.00 bits per heavy atom. The van der Waals surface area contributed by atoms with Crippen molar-refractivity contribution < 1.29 is 23.9 Å². The number of ether oxygens (including phenoxy) is 2. The number of carbonyl (C=O) groups excluding carboxylic acids is 3. The van der Waals surface area contributed by atoms with E-state index in [1.165, 1.54) is 11.0 Å². The van der Waals surface area contributed by atoms with E-state index in [4.69, 9.17) is 32.7 Å². The Morgan fingerprint density at radius 3 is 2.30 bits per heavy atom. The zero-order valence-electron chi connectivity index (χ0n) is 29.4. The summed E-state index contributed by atoms with van der Waals surface area (Å²) in [4.78, 5) is 46.9. The smallest absolute Gasteiger partial charge is 0.285 e. The Kier molecular flexibility index (Phi) is 14.5. The predicted octanol–water partition coefficient (Wildman–Crippen LogP) is 10.1. The fraction of sp³-hybridized carbons (Fsp3) is 0.143. The fourth-order valence-corrected chi connectivity index (χ4v) is 7.27. The van der Waals surface area contributed by atoms with Crippen LogP contribution >= 0.6 is 50.9 Å². The van der Waals surface area contributed by atoms with E-state index >= 15 is 0 Å². The first kappa shape index (κ1) is 40.3. The van der Waals surface area contributed by atoms with Crippen molar-refractivity contribution in [2.45, 2.75) is 26.5 Å². The zero-order valence-corrected chi connectivity index (χ0v) is 33.3. The van der Waals surface area contributed by atoms with Crippen LogP contribution in [0.4, 0.5) is 0 Å².